The third-order valence-corrected chi connectivity index (χ3v) is 4.62. The SMILES string of the molecule is CCNCc1cc2ccccc2c(N2CC(C)C(C)C2)n1. The van der Waals surface area contributed by atoms with Crippen molar-refractivity contribution in [2.75, 3.05) is 24.5 Å². The second-order valence-electron chi connectivity index (χ2n) is 6.30. The van der Waals surface area contributed by atoms with Gasteiger partial charge < -0.3 is 10.2 Å². The lowest BCUT2D eigenvalue weighted by Gasteiger charge is -2.20. The monoisotopic (exact) mass is 283 g/mol. The molecule has 2 unspecified atom stereocenters. The molecule has 0 spiro atoms. The fourth-order valence-electron chi connectivity index (χ4n) is 3.12. The summed E-state index contributed by atoms with van der Waals surface area (Å²) in [5, 5.41) is 5.95. The lowest BCUT2D eigenvalue weighted by molar-refractivity contribution is 0.494. The van der Waals surface area contributed by atoms with Crippen LogP contribution in [-0.2, 0) is 6.54 Å². The first-order chi connectivity index (χ1) is 10.2. The van der Waals surface area contributed by atoms with Gasteiger partial charge >= 0.3 is 0 Å². The van der Waals surface area contributed by atoms with Gasteiger partial charge in [-0.2, -0.15) is 0 Å². The first-order valence-corrected chi connectivity index (χ1v) is 8.03. The zero-order valence-corrected chi connectivity index (χ0v) is 13.3. The van der Waals surface area contributed by atoms with E-state index in [4.69, 9.17) is 4.98 Å². The zero-order valence-electron chi connectivity index (χ0n) is 13.3. The van der Waals surface area contributed by atoms with Gasteiger partial charge in [-0.1, -0.05) is 45.0 Å². The van der Waals surface area contributed by atoms with Crippen molar-refractivity contribution < 1.29 is 0 Å². The first-order valence-electron chi connectivity index (χ1n) is 8.03. The van der Waals surface area contributed by atoms with E-state index < -0.39 is 0 Å². The van der Waals surface area contributed by atoms with Gasteiger partial charge in [-0.05, 0) is 29.8 Å². The smallest absolute Gasteiger partial charge is 0.136 e. The van der Waals surface area contributed by atoms with E-state index in [9.17, 15) is 0 Å². The van der Waals surface area contributed by atoms with E-state index in [1.165, 1.54) is 10.8 Å². The van der Waals surface area contributed by atoms with Gasteiger partial charge in [-0.3, -0.25) is 0 Å². The van der Waals surface area contributed by atoms with E-state index in [2.05, 4.69) is 61.3 Å². The highest BCUT2D eigenvalue weighted by Crippen LogP contribution is 2.32. The Morgan fingerprint density at radius 1 is 1.19 bits per heavy atom. The van der Waals surface area contributed by atoms with Gasteiger partial charge in [0.2, 0.25) is 0 Å². The van der Waals surface area contributed by atoms with E-state index in [1.807, 2.05) is 0 Å². The van der Waals surface area contributed by atoms with Crippen molar-refractivity contribution in [3.63, 3.8) is 0 Å². The molecule has 3 rings (SSSR count). The normalized spacial score (nSPS) is 22.1. The van der Waals surface area contributed by atoms with E-state index in [0.717, 1.165) is 49.5 Å². The van der Waals surface area contributed by atoms with E-state index >= 15 is 0 Å². The summed E-state index contributed by atoms with van der Waals surface area (Å²) in [6, 6.07) is 10.8. The van der Waals surface area contributed by atoms with Gasteiger partial charge in [-0.15, -0.1) is 0 Å². The minimum absolute atomic E-state index is 0.739. The molecular weight excluding hydrogens is 258 g/mol. The van der Waals surface area contributed by atoms with Crippen molar-refractivity contribution >= 4 is 16.6 Å². The molecule has 1 aliphatic rings. The molecule has 1 aliphatic heterocycles. The lowest BCUT2D eigenvalue weighted by Crippen LogP contribution is -2.22. The van der Waals surface area contributed by atoms with E-state index in [1.54, 1.807) is 0 Å². The van der Waals surface area contributed by atoms with Crippen LogP contribution in [-0.4, -0.2) is 24.6 Å². The fourth-order valence-corrected chi connectivity index (χ4v) is 3.12. The van der Waals surface area contributed by atoms with Crippen LogP contribution in [0.4, 0.5) is 5.82 Å². The van der Waals surface area contributed by atoms with Crippen molar-refractivity contribution in [2.45, 2.75) is 27.3 Å². The van der Waals surface area contributed by atoms with Crippen LogP contribution in [0.3, 0.4) is 0 Å². The van der Waals surface area contributed by atoms with Crippen molar-refractivity contribution in [3.05, 3.63) is 36.0 Å². The maximum absolute atomic E-state index is 4.95. The summed E-state index contributed by atoms with van der Waals surface area (Å²) in [7, 11) is 0. The summed E-state index contributed by atoms with van der Waals surface area (Å²) in [6.07, 6.45) is 0. The molecule has 1 N–H and O–H groups in total. The number of aromatic nitrogens is 1. The maximum Gasteiger partial charge on any atom is 0.136 e. The number of nitrogens with zero attached hydrogens (tertiary/aromatic N) is 2. The molecule has 2 heterocycles. The van der Waals surface area contributed by atoms with Gasteiger partial charge in [0.1, 0.15) is 5.82 Å². The molecule has 0 radical (unpaired) electrons. The highest BCUT2D eigenvalue weighted by Gasteiger charge is 2.28. The summed E-state index contributed by atoms with van der Waals surface area (Å²) in [5.74, 6) is 2.64. The summed E-state index contributed by atoms with van der Waals surface area (Å²) in [5.41, 5.74) is 1.14. The highest BCUT2D eigenvalue weighted by molar-refractivity contribution is 5.92. The molecule has 0 aliphatic carbocycles. The summed E-state index contributed by atoms with van der Waals surface area (Å²) >= 11 is 0. The van der Waals surface area contributed by atoms with Crippen LogP contribution in [0.1, 0.15) is 26.5 Å². The van der Waals surface area contributed by atoms with Crippen LogP contribution in [0.5, 0.6) is 0 Å². The molecule has 2 aromatic rings. The Bertz CT molecular complexity index is 613. The van der Waals surface area contributed by atoms with E-state index in [0.29, 0.717) is 0 Å². The van der Waals surface area contributed by atoms with Crippen molar-refractivity contribution in [3.8, 4) is 0 Å². The molecule has 3 heteroatoms. The summed E-state index contributed by atoms with van der Waals surface area (Å²) < 4.78 is 0. The molecule has 3 nitrogen and oxygen atoms in total. The zero-order chi connectivity index (χ0) is 14.8. The quantitative estimate of drug-likeness (QED) is 0.931. The number of hydrogen-bond acceptors (Lipinski definition) is 3. The molecule has 0 bridgehead atoms. The first kappa shape index (κ1) is 14.3. The third-order valence-electron chi connectivity index (χ3n) is 4.62. The third kappa shape index (κ3) is 2.88. The molecular formula is C18H25N3. The van der Waals surface area contributed by atoms with Crippen LogP contribution in [0.2, 0.25) is 0 Å². The largest absolute Gasteiger partial charge is 0.356 e. The van der Waals surface area contributed by atoms with Crippen molar-refractivity contribution in [1.82, 2.24) is 10.3 Å². The molecule has 1 saturated heterocycles. The summed E-state index contributed by atoms with van der Waals surface area (Å²) in [6.45, 7) is 10.9. The van der Waals surface area contributed by atoms with Gasteiger partial charge in [0, 0.05) is 25.0 Å². The van der Waals surface area contributed by atoms with Crippen LogP contribution in [0.15, 0.2) is 30.3 Å². The Kier molecular flexibility index (Phi) is 4.11. The van der Waals surface area contributed by atoms with Crippen molar-refractivity contribution in [1.29, 1.82) is 0 Å². The van der Waals surface area contributed by atoms with Crippen LogP contribution >= 0.6 is 0 Å². The molecule has 0 amide bonds. The molecule has 112 valence electrons. The Balaban J connectivity index is 2.02. The molecule has 2 atom stereocenters. The minimum atomic E-state index is 0.739. The highest BCUT2D eigenvalue weighted by atomic mass is 15.2. The number of anilines is 1. The van der Waals surface area contributed by atoms with Crippen LogP contribution in [0, 0.1) is 11.8 Å². The molecule has 1 aromatic heterocycles. The molecule has 1 aromatic carbocycles. The number of pyridine rings is 1. The Labute approximate surface area is 127 Å². The Morgan fingerprint density at radius 2 is 1.90 bits per heavy atom. The number of benzene rings is 1. The average Bonchev–Trinajstić information content (AvgIpc) is 2.83. The van der Waals surface area contributed by atoms with E-state index in [-0.39, 0.29) is 0 Å². The van der Waals surface area contributed by atoms with Gasteiger partial charge in [0.05, 0.1) is 5.69 Å². The topological polar surface area (TPSA) is 28.2 Å². The van der Waals surface area contributed by atoms with Crippen LogP contribution in [0.25, 0.3) is 10.8 Å². The molecule has 0 saturated carbocycles. The lowest BCUT2D eigenvalue weighted by atomic mass is 10.0. The fraction of sp³-hybridized carbons (Fsp3) is 0.500. The predicted molar refractivity (Wildman–Crippen MR) is 89.7 cm³/mol. The molecule has 21 heavy (non-hydrogen) atoms. The average molecular weight is 283 g/mol. The maximum atomic E-state index is 4.95. The number of hydrogen-bond donors (Lipinski definition) is 1. The van der Waals surface area contributed by atoms with Gasteiger partial charge in [0.15, 0.2) is 0 Å². The van der Waals surface area contributed by atoms with Crippen molar-refractivity contribution in [2.24, 2.45) is 11.8 Å². The minimum Gasteiger partial charge on any atom is -0.356 e. The van der Waals surface area contributed by atoms with Gasteiger partial charge in [0.25, 0.3) is 0 Å². The second-order valence-corrected chi connectivity index (χ2v) is 6.30. The number of rotatable bonds is 4. The number of fused-ring (bicyclic) bond motifs is 1. The predicted octanol–water partition coefficient (Wildman–Crippen LogP) is 3.44. The van der Waals surface area contributed by atoms with Crippen LogP contribution < -0.4 is 10.2 Å². The Hall–Kier alpha value is -1.61. The standard InChI is InChI=1S/C18H25N3/c1-4-19-10-16-9-15-7-5-6-8-17(15)18(20-16)21-11-13(2)14(3)12-21/h5-9,13-14,19H,4,10-12H2,1-3H3. The number of nitrogens with one attached hydrogen (secondary N) is 1. The van der Waals surface area contributed by atoms with Gasteiger partial charge in [-0.25, -0.2) is 4.98 Å². The Morgan fingerprint density at radius 3 is 2.62 bits per heavy atom. The summed E-state index contributed by atoms with van der Waals surface area (Å²) in [4.78, 5) is 7.42. The second kappa shape index (κ2) is 6.02. The molecule has 1 fully saturated rings.